The Kier molecular flexibility index (Phi) is 7.13. The van der Waals surface area contributed by atoms with E-state index in [0.717, 1.165) is 41.9 Å². The van der Waals surface area contributed by atoms with Crippen molar-refractivity contribution in [3.05, 3.63) is 66.5 Å². The van der Waals surface area contributed by atoms with Gasteiger partial charge in [-0.25, -0.2) is 13.4 Å². The van der Waals surface area contributed by atoms with E-state index in [1.54, 1.807) is 32.5 Å². The van der Waals surface area contributed by atoms with Crippen LogP contribution in [0.3, 0.4) is 0 Å². The second-order valence-corrected chi connectivity index (χ2v) is 11.6. The number of nitrogens with one attached hydrogen (secondary N) is 2. The number of piperazine rings is 1. The number of sulfonamides is 1. The third kappa shape index (κ3) is 5.53. The Morgan fingerprint density at radius 1 is 1.18 bits per heavy atom. The van der Waals surface area contributed by atoms with Crippen molar-refractivity contribution in [1.82, 2.24) is 19.9 Å². The lowest BCUT2D eigenvalue weighted by Crippen LogP contribution is -2.49. The lowest BCUT2D eigenvalue weighted by Gasteiger charge is -2.33. The largest absolute Gasteiger partial charge is 0.497 e. The Morgan fingerprint density at radius 3 is 2.68 bits per heavy atom. The van der Waals surface area contributed by atoms with Crippen LogP contribution in [0.1, 0.15) is 12.5 Å². The summed E-state index contributed by atoms with van der Waals surface area (Å²) in [6.07, 6.45) is 4.90. The molecule has 1 atom stereocenters. The maximum atomic E-state index is 12.3. The van der Waals surface area contributed by atoms with Crippen LogP contribution in [-0.4, -0.2) is 69.0 Å². The first-order valence-electron chi connectivity index (χ1n) is 12.5. The first kappa shape index (κ1) is 25.8. The molecule has 0 bridgehead atoms. The molecule has 1 saturated heterocycles. The van der Waals surface area contributed by atoms with E-state index in [4.69, 9.17) is 9.72 Å². The summed E-state index contributed by atoms with van der Waals surface area (Å²) in [6.45, 7) is 5.56. The Hall–Kier alpha value is -3.83. The molecule has 2 aromatic carbocycles. The van der Waals surface area contributed by atoms with Gasteiger partial charge in [-0.3, -0.25) is 4.31 Å². The normalized spacial score (nSPS) is 16.0. The van der Waals surface area contributed by atoms with E-state index < -0.39 is 10.0 Å². The van der Waals surface area contributed by atoms with Gasteiger partial charge in [0.15, 0.2) is 0 Å². The molecule has 2 aromatic heterocycles. The van der Waals surface area contributed by atoms with Crippen LogP contribution in [0.4, 0.5) is 23.0 Å². The van der Waals surface area contributed by atoms with Crippen LogP contribution < -0.4 is 24.6 Å². The van der Waals surface area contributed by atoms with Gasteiger partial charge in [-0.1, -0.05) is 0 Å². The summed E-state index contributed by atoms with van der Waals surface area (Å²) in [6, 6.07) is 16.1. The summed E-state index contributed by atoms with van der Waals surface area (Å²) < 4.78 is 33.2. The SMILES string of the molecule is COc1ccc(N(C)S(C)(=O)=O)c(Cn2ccc3cnc(Nc4ccc(N5CCN[C@H](C)C5)cc4)nc32)c1. The minimum atomic E-state index is -3.43. The van der Waals surface area contributed by atoms with Gasteiger partial charge >= 0.3 is 0 Å². The zero-order chi connectivity index (χ0) is 26.9. The highest BCUT2D eigenvalue weighted by Gasteiger charge is 2.18. The summed E-state index contributed by atoms with van der Waals surface area (Å²) in [5.74, 6) is 1.14. The summed E-state index contributed by atoms with van der Waals surface area (Å²) in [5, 5.41) is 7.67. The molecule has 200 valence electrons. The van der Waals surface area contributed by atoms with Crippen molar-refractivity contribution in [2.75, 3.05) is 54.6 Å². The molecule has 0 radical (unpaired) electrons. The quantitative estimate of drug-likeness (QED) is 0.354. The van der Waals surface area contributed by atoms with E-state index in [1.165, 1.54) is 16.2 Å². The highest BCUT2D eigenvalue weighted by molar-refractivity contribution is 7.92. The fourth-order valence-electron chi connectivity index (χ4n) is 4.69. The van der Waals surface area contributed by atoms with Crippen LogP contribution in [0, 0.1) is 0 Å². The molecule has 0 unspecified atom stereocenters. The van der Waals surface area contributed by atoms with Crippen LogP contribution >= 0.6 is 0 Å². The Labute approximate surface area is 223 Å². The summed E-state index contributed by atoms with van der Waals surface area (Å²) in [5.41, 5.74) is 4.22. The highest BCUT2D eigenvalue weighted by atomic mass is 32.2. The molecule has 1 fully saturated rings. The molecule has 1 aliphatic heterocycles. The predicted octanol–water partition coefficient (Wildman–Crippen LogP) is 3.43. The molecule has 1 aliphatic rings. The van der Waals surface area contributed by atoms with E-state index >= 15 is 0 Å². The second kappa shape index (κ2) is 10.5. The number of hydrogen-bond acceptors (Lipinski definition) is 8. The Balaban J connectivity index is 1.39. The molecule has 0 aliphatic carbocycles. The Bertz CT molecular complexity index is 1540. The number of hydrogen-bond donors (Lipinski definition) is 2. The minimum Gasteiger partial charge on any atom is -0.497 e. The lowest BCUT2D eigenvalue weighted by atomic mass is 10.1. The average Bonchev–Trinajstić information content (AvgIpc) is 3.30. The molecular weight excluding hydrogens is 502 g/mol. The number of benzene rings is 2. The molecule has 0 spiro atoms. The predicted molar refractivity (Wildman–Crippen MR) is 152 cm³/mol. The topological polar surface area (TPSA) is 105 Å². The number of nitrogens with zero attached hydrogens (tertiary/aromatic N) is 5. The van der Waals surface area contributed by atoms with Crippen molar-refractivity contribution in [2.45, 2.75) is 19.5 Å². The van der Waals surface area contributed by atoms with E-state index in [-0.39, 0.29) is 0 Å². The van der Waals surface area contributed by atoms with Crippen molar-refractivity contribution in [3.63, 3.8) is 0 Å². The molecule has 4 aromatic rings. The third-order valence-corrected chi connectivity index (χ3v) is 8.02. The lowest BCUT2D eigenvalue weighted by molar-refractivity contribution is 0.414. The zero-order valence-corrected chi connectivity index (χ0v) is 22.9. The van der Waals surface area contributed by atoms with E-state index in [1.807, 2.05) is 35.0 Å². The maximum absolute atomic E-state index is 12.3. The van der Waals surface area contributed by atoms with Gasteiger partial charge in [-0.15, -0.1) is 0 Å². The Morgan fingerprint density at radius 2 is 1.97 bits per heavy atom. The summed E-state index contributed by atoms with van der Waals surface area (Å²) in [4.78, 5) is 11.6. The number of anilines is 4. The second-order valence-electron chi connectivity index (χ2n) is 9.61. The highest BCUT2D eigenvalue weighted by Crippen LogP contribution is 2.29. The first-order valence-corrected chi connectivity index (χ1v) is 14.3. The molecule has 38 heavy (non-hydrogen) atoms. The fourth-order valence-corrected chi connectivity index (χ4v) is 5.23. The van der Waals surface area contributed by atoms with Gasteiger partial charge in [0, 0.05) is 61.9 Å². The summed E-state index contributed by atoms with van der Waals surface area (Å²) in [7, 11) is -0.295. The number of fused-ring (bicyclic) bond motifs is 1. The van der Waals surface area contributed by atoms with E-state index in [0.29, 0.717) is 30.0 Å². The van der Waals surface area contributed by atoms with Crippen molar-refractivity contribution >= 4 is 44.1 Å². The molecule has 2 N–H and O–H groups in total. The monoisotopic (exact) mass is 535 g/mol. The van der Waals surface area contributed by atoms with Crippen LogP contribution in [0.5, 0.6) is 5.75 Å². The molecule has 3 heterocycles. The smallest absolute Gasteiger partial charge is 0.232 e. The van der Waals surface area contributed by atoms with Crippen LogP contribution in [0.25, 0.3) is 11.0 Å². The molecule has 5 rings (SSSR count). The standard InChI is InChI=1S/C27H33N7O3S/c1-19-17-33(14-12-28-19)23-7-5-22(6-8-23)30-27-29-16-20-11-13-34(26(20)31-27)18-21-15-24(37-3)9-10-25(21)32(2)38(4,35)36/h5-11,13,15-16,19,28H,12,14,17-18H2,1-4H3,(H,29,30,31)/t19-/m1/s1. The van der Waals surface area contributed by atoms with Crippen LogP contribution in [-0.2, 0) is 16.6 Å². The van der Waals surface area contributed by atoms with Gasteiger partial charge in [0.25, 0.3) is 0 Å². The van der Waals surface area contributed by atoms with Gasteiger partial charge in [0.1, 0.15) is 11.4 Å². The van der Waals surface area contributed by atoms with Crippen molar-refractivity contribution in [2.24, 2.45) is 0 Å². The number of methoxy groups -OCH3 is 1. The third-order valence-electron chi connectivity index (χ3n) is 6.82. The van der Waals surface area contributed by atoms with Gasteiger partial charge < -0.3 is 24.8 Å². The van der Waals surface area contributed by atoms with Crippen molar-refractivity contribution in [1.29, 1.82) is 0 Å². The van der Waals surface area contributed by atoms with Crippen LogP contribution in [0.2, 0.25) is 0 Å². The first-order chi connectivity index (χ1) is 18.2. The molecule has 11 heteroatoms. The number of rotatable bonds is 8. The molecular formula is C27H33N7O3S. The van der Waals surface area contributed by atoms with Gasteiger partial charge in [0.2, 0.25) is 16.0 Å². The summed E-state index contributed by atoms with van der Waals surface area (Å²) >= 11 is 0. The van der Waals surface area contributed by atoms with E-state index in [2.05, 4.69) is 39.6 Å². The van der Waals surface area contributed by atoms with Gasteiger partial charge in [-0.05, 0) is 61.0 Å². The number of ether oxygens (including phenoxy) is 1. The van der Waals surface area contributed by atoms with E-state index in [9.17, 15) is 8.42 Å². The fraction of sp³-hybridized carbons (Fsp3) is 0.333. The van der Waals surface area contributed by atoms with Gasteiger partial charge in [0.05, 0.1) is 25.6 Å². The number of aromatic nitrogens is 3. The van der Waals surface area contributed by atoms with Gasteiger partial charge in [-0.2, -0.15) is 4.98 Å². The van der Waals surface area contributed by atoms with Crippen LogP contribution in [0.15, 0.2) is 60.9 Å². The maximum Gasteiger partial charge on any atom is 0.232 e. The molecule has 0 saturated carbocycles. The zero-order valence-electron chi connectivity index (χ0n) is 22.0. The minimum absolute atomic E-state index is 0.407. The molecule has 10 nitrogen and oxygen atoms in total. The van der Waals surface area contributed by atoms with Crippen molar-refractivity contribution in [3.8, 4) is 5.75 Å². The average molecular weight is 536 g/mol. The van der Waals surface area contributed by atoms with Crippen molar-refractivity contribution < 1.29 is 13.2 Å². The molecule has 0 amide bonds.